The van der Waals surface area contributed by atoms with E-state index in [1.165, 1.54) is 12.1 Å². The van der Waals surface area contributed by atoms with Crippen LogP contribution in [0.3, 0.4) is 0 Å². The zero-order valence-corrected chi connectivity index (χ0v) is 11.2. The van der Waals surface area contributed by atoms with Crippen LogP contribution in [0.15, 0.2) is 18.2 Å². The molecule has 0 radical (unpaired) electrons. The van der Waals surface area contributed by atoms with Gasteiger partial charge in [-0.2, -0.15) is 0 Å². The molecule has 0 atom stereocenters. The number of halogens is 1. The van der Waals surface area contributed by atoms with Crippen LogP contribution in [0.1, 0.15) is 36.2 Å². The molecule has 1 amide bonds. The number of carbonyl (C=O) groups excluding carboxylic acids is 1. The molecule has 0 aromatic heterocycles. The monoisotopic (exact) mass is 252 g/mol. The van der Waals surface area contributed by atoms with Crippen molar-refractivity contribution in [3.63, 3.8) is 0 Å². The maximum atomic E-state index is 13.1. The Morgan fingerprint density at radius 2 is 2.11 bits per heavy atom. The van der Waals surface area contributed by atoms with E-state index in [0.29, 0.717) is 24.2 Å². The number of rotatable bonds is 5. The summed E-state index contributed by atoms with van der Waals surface area (Å²) >= 11 is 0. The SMILES string of the molecule is Cc1cc(C(=O)NCC(C)(C)CCN)ccc1F. The minimum absolute atomic E-state index is 0.0283. The van der Waals surface area contributed by atoms with E-state index in [0.717, 1.165) is 6.42 Å². The molecule has 0 aliphatic heterocycles. The molecule has 0 unspecified atom stereocenters. The summed E-state index contributed by atoms with van der Waals surface area (Å²) in [6.07, 6.45) is 0.843. The molecule has 4 heteroatoms. The Balaban J connectivity index is 2.63. The van der Waals surface area contributed by atoms with Crippen molar-refractivity contribution in [1.29, 1.82) is 0 Å². The molecule has 0 fully saturated rings. The fourth-order valence-corrected chi connectivity index (χ4v) is 1.69. The molecule has 1 rings (SSSR count). The average Bonchev–Trinajstić information content (AvgIpc) is 2.30. The molecule has 3 N–H and O–H groups in total. The molecule has 0 heterocycles. The summed E-state index contributed by atoms with van der Waals surface area (Å²) < 4.78 is 13.1. The molecule has 18 heavy (non-hydrogen) atoms. The van der Waals surface area contributed by atoms with E-state index in [1.54, 1.807) is 13.0 Å². The van der Waals surface area contributed by atoms with Crippen molar-refractivity contribution in [1.82, 2.24) is 5.32 Å². The largest absolute Gasteiger partial charge is 0.352 e. The van der Waals surface area contributed by atoms with E-state index in [2.05, 4.69) is 19.2 Å². The third kappa shape index (κ3) is 4.11. The zero-order chi connectivity index (χ0) is 13.8. The fraction of sp³-hybridized carbons (Fsp3) is 0.500. The van der Waals surface area contributed by atoms with Crippen LogP contribution in [0, 0.1) is 18.2 Å². The lowest BCUT2D eigenvalue weighted by Gasteiger charge is -2.24. The van der Waals surface area contributed by atoms with Crippen molar-refractivity contribution >= 4 is 5.91 Å². The van der Waals surface area contributed by atoms with Gasteiger partial charge in [0, 0.05) is 12.1 Å². The zero-order valence-electron chi connectivity index (χ0n) is 11.2. The highest BCUT2D eigenvalue weighted by Crippen LogP contribution is 2.18. The summed E-state index contributed by atoms with van der Waals surface area (Å²) in [5.41, 5.74) is 6.45. The number of hydrogen-bond donors (Lipinski definition) is 2. The lowest BCUT2D eigenvalue weighted by Crippen LogP contribution is -2.35. The van der Waals surface area contributed by atoms with Crippen LogP contribution >= 0.6 is 0 Å². The molecule has 0 aliphatic carbocycles. The Kier molecular flexibility index (Phi) is 4.84. The first kappa shape index (κ1) is 14.6. The molecule has 0 spiro atoms. The first-order valence-corrected chi connectivity index (χ1v) is 6.10. The third-order valence-electron chi connectivity index (χ3n) is 2.97. The maximum absolute atomic E-state index is 13.1. The van der Waals surface area contributed by atoms with Crippen LogP contribution in [0.4, 0.5) is 4.39 Å². The van der Waals surface area contributed by atoms with Gasteiger partial charge in [-0.3, -0.25) is 4.79 Å². The maximum Gasteiger partial charge on any atom is 0.251 e. The number of amides is 1. The second-order valence-electron chi connectivity index (χ2n) is 5.35. The summed E-state index contributed by atoms with van der Waals surface area (Å²) in [6.45, 7) is 6.90. The highest BCUT2D eigenvalue weighted by atomic mass is 19.1. The quantitative estimate of drug-likeness (QED) is 0.844. The molecule has 0 saturated carbocycles. The summed E-state index contributed by atoms with van der Waals surface area (Å²) in [5.74, 6) is -0.474. The summed E-state index contributed by atoms with van der Waals surface area (Å²) in [7, 11) is 0. The van der Waals surface area contributed by atoms with Crippen molar-refractivity contribution in [2.45, 2.75) is 27.2 Å². The molecular formula is C14H21FN2O. The van der Waals surface area contributed by atoms with Gasteiger partial charge in [0.2, 0.25) is 0 Å². The molecule has 1 aromatic carbocycles. The number of benzene rings is 1. The van der Waals surface area contributed by atoms with Crippen molar-refractivity contribution in [3.05, 3.63) is 35.1 Å². The average molecular weight is 252 g/mol. The second-order valence-corrected chi connectivity index (χ2v) is 5.35. The van der Waals surface area contributed by atoms with Crippen LogP contribution in [0.5, 0.6) is 0 Å². The lowest BCUT2D eigenvalue weighted by atomic mass is 9.89. The summed E-state index contributed by atoms with van der Waals surface area (Å²) in [5, 5.41) is 2.85. The summed E-state index contributed by atoms with van der Waals surface area (Å²) in [4.78, 5) is 11.9. The van der Waals surface area contributed by atoms with E-state index < -0.39 is 0 Å². The van der Waals surface area contributed by atoms with Gasteiger partial charge >= 0.3 is 0 Å². The predicted octanol–water partition coefficient (Wildman–Crippen LogP) is 2.24. The van der Waals surface area contributed by atoms with Gasteiger partial charge in [0.15, 0.2) is 0 Å². The van der Waals surface area contributed by atoms with E-state index in [1.807, 2.05) is 0 Å². The van der Waals surface area contributed by atoms with Gasteiger partial charge in [0.25, 0.3) is 5.91 Å². The van der Waals surface area contributed by atoms with Gasteiger partial charge in [-0.1, -0.05) is 13.8 Å². The van der Waals surface area contributed by atoms with Crippen LogP contribution in [0.2, 0.25) is 0 Å². The van der Waals surface area contributed by atoms with E-state index in [9.17, 15) is 9.18 Å². The second kappa shape index (κ2) is 5.96. The molecule has 1 aromatic rings. The first-order valence-electron chi connectivity index (χ1n) is 6.10. The number of carbonyl (C=O) groups is 1. The number of nitrogens with two attached hydrogens (primary N) is 1. The van der Waals surface area contributed by atoms with Gasteiger partial charge in [-0.15, -0.1) is 0 Å². The predicted molar refractivity (Wildman–Crippen MR) is 70.9 cm³/mol. The van der Waals surface area contributed by atoms with Crippen LogP contribution in [-0.2, 0) is 0 Å². The van der Waals surface area contributed by atoms with Crippen molar-refractivity contribution in [3.8, 4) is 0 Å². The van der Waals surface area contributed by atoms with Crippen LogP contribution in [-0.4, -0.2) is 19.0 Å². The Hall–Kier alpha value is -1.42. The first-order chi connectivity index (χ1) is 8.35. The Labute approximate surface area is 108 Å². The van der Waals surface area contributed by atoms with Crippen molar-refractivity contribution in [2.75, 3.05) is 13.1 Å². The molecule has 0 saturated heterocycles. The number of aryl methyl sites for hydroxylation is 1. The van der Waals surface area contributed by atoms with Gasteiger partial charge in [0.05, 0.1) is 0 Å². The molecular weight excluding hydrogens is 231 g/mol. The topological polar surface area (TPSA) is 55.1 Å². The Morgan fingerprint density at radius 3 is 2.67 bits per heavy atom. The number of hydrogen-bond acceptors (Lipinski definition) is 2. The highest BCUT2D eigenvalue weighted by molar-refractivity contribution is 5.94. The van der Waals surface area contributed by atoms with Gasteiger partial charge in [0.1, 0.15) is 5.82 Å². The summed E-state index contributed by atoms with van der Waals surface area (Å²) in [6, 6.07) is 4.36. The molecule has 100 valence electrons. The van der Waals surface area contributed by atoms with Gasteiger partial charge < -0.3 is 11.1 Å². The standard InChI is InChI=1S/C14H21FN2O/c1-10-8-11(4-5-12(10)15)13(18)17-9-14(2,3)6-7-16/h4-5,8H,6-7,9,16H2,1-3H3,(H,17,18). The van der Waals surface area contributed by atoms with E-state index in [4.69, 9.17) is 5.73 Å². The van der Waals surface area contributed by atoms with Gasteiger partial charge in [-0.05, 0) is 49.1 Å². The smallest absolute Gasteiger partial charge is 0.251 e. The minimum atomic E-state index is -0.296. The Bertz CT molecular complexity index is 430. The fourth-order valence-electron chi connectivity index (χ4n) is 1.69. The van der Waals surface area contributed by atoms with Crippen molar-refractivity contribution < 1.29 is 9.18 Å². The lowest BCUT2D eigenvalue weighted by molar-refractivity contribution is 0.0935. The normalized spacial score (nSPS) is 11.4. The van der Waals surface area contributed by atoms with Crippen LogP contribution < -0.4 is 11.1 Å². The van der Waals surface area contributed by atoms with Crippen molar-refractivity contribution in [2.24, 2.45) is 11.1 Å². The Morgan fingerprint density at radius 1 is 1.44 bits per heavy atom. The highest BCUT2D eigenvalue weighted by Gasteiger charge is 2.18. The van der Waals surface area contributed by atoms with E-state index in [-0.39, 0.29) is 17.1 Å². The third-order valence-corrected chi connectivity index (χ3v) is 2.97. The molecule has 0 aliphatic rings. The van der Waals surface area contributed by atoms with E-state index >= 15 is 0 Å². The molecule has 3 nitrogen and oxygen atoms in total. The van der Waals surface area contributed by atoms with Crippen LogP contribution in [0.25, 0.3) is 0 Å². The number of nitrogens with one attached hydrogen (secondary N) is 1. The molecule has 0 bridgehead atoms. The minimum Gasteiger partial charge on any atom is -0.352 e. The van der Waals surface area contributed by atoms with Gasteiger partial charge in [-0.25, -0.2) is 4.39 Å².